The van der Waals surface area contributed by atoms with E-state index < -0.39 is 5.97 Å². The van der Waals surface area contributed by atoms with Gasteiger partial charge in [0, 0.05) is 5.97 Å². The molecule has 2 aromatic carbocycles. The van der Waals surface area contributed by atoms with Crippen molar-refractivity contribution in [3.8, 4) is 22.3 Å². The van der Waals surface area contributed by atoms with Crippen molar-refractivity contribution in [1.82, 2.24) is 4.98 Å². The van der Waals surface area contributed by atoms with Gasteiger partial charge < -0.3 is 9.90 Å². The first-order valence-electron chi connectivity index (χ1n) is 7.82. The van der Waals surface area contributed by atoms with E-state index in [1.165, 1.54) is 33.4 Å². The largest absolute Gasteiger partial charge is 0.153 e. The molecule has 0 aliphatic heterocycles. The van der Waals surface area contributed by atoms with Gasteiger partial charge in [-0.15, -0.1) is 0 Å². The van der Waals surface area contributed by atoms with Crippen LogP contribution >= 0.6 is 9.90 Å². The first kappa shape index (κ1) is 22.2. The van der Waals surface area contributed by atoms with Crippen molar-refractivity contribution in [2.75, 3.05) is 0 Å². The van der Waals surface area contributed by atoms with E-state index in [2.05, 4.69) is 92.6 Å². The second-order valence-electron chi connectivity index (χ2n) is 5.62. The third-order valence-corrected chi connectivity index (χ3v) is 4.32. The van der Waals surface area contributed by atoms with Gasteiger partial charge >= 0.3 is 136 Å². The molecule has 26 heavy (non-hydrogen) atoms. The van der Waals surface area contributed by atoms with Gasteiger partial charge in [-0.25, -0.2) is 0 Å². The van der Waals surface area contributed by atoms with E-state index in [0.29, 0.717) is 0 Å². The summed E-state index contributed by atoms with van der Waals surface area (Å²) < 4.78 is 0.924. The van der Waals surface area contributed by atoms with Crippen molar-refractivity contribution in [3.63, 3.8) is 0 Å². The Hall–Kier alpha value is -1.85. The fourth-order valence-electron chi connectivity index (χ4n) is 2.62. The van der Waals surface area contributed by atoms with E-state index in [0.717, 1.165) is 11.1 Å². The third-order valence-electron chi connectivity index (χ3n) is 3.73. The number of carboxylic acids is 1. The molecule has 0 spiro atoms. The number of aliphatic carboxylic acids is 1. The minimum Gasteiger partial charge on any atom is -0.153 e. The molecule has 0 fully saturated rings. The number of hydrogen-bond donors (Lipinski definition) is 0. The van der Waals surface area contributed by atoms with Gasteiger partial charge in [0.15, 0.2) is 0 Å². The summed E-state index contributed by atoms with van der Waals surface area (Å²) in [7, 11) is 0. The van der Waals surface area contributed by atoms with E-state index in [1.807, 2.05) is 6.20 Å². The first-order valence-corrected chi connectivity index (χ1v) is 8.60. The predicted molar refractivity (Wildman–Crippen MR) is 106 cm³/mol. The second kappa shape index (κ2) is 10.3. The van der Waals surface area contributed by atoms with Gasteiger partial charge in [0.25, 0.3) is 0 Å². The van der Waals surface area contributed by atoms with Crippen LogP contribution in [0.2, 0.25) is 0 Å². The van der Waals surface area contributed by atoms with E-state index in [-0.39, 0.29) is 9.90 Å². The SMILES string of the molecule is CC(=O)[O-].Cc1ccccc1-c1ccn[c]([Pd+])c1-c1ccccc1C.P. The van der Waals surface area contributed by atoms with Crippen molar-refractivity contribution in [3.05, 3.63) is 71.9 Å². The van der Waals surface area contributed by atoms with E-state index in [9.17, 15) is 0 Å². The average molecular weight is 458 g/mol. The molecule has 0 amide bonds. The predicted octanol–water partition coefficient (Wildman–Crippen LogP) is 3.02. The molecule has 0 radical (unpaired) electrons. The first-order chi connectivity index (χ1) is 11.9. The summed E-state index contributed by atoms with van der Waals surface area (Å²) in [6.45, 7) is 5.26. The number of rotatable bonds is 2. The Bertz CT molecular complexity index is 893. The summed E-state index contributed by atoms with van der Waals surface area (Å²) in [5, 5.41) is 8.89. The zero-order valence-corrected chi connectivity index (χ0v) is 18.0. The van der Waals surface area contributed by atoms with E-state index in [4.69, 9.17) is 9.90 Å². The Labute approximate surface area is 168 Å². The number of hydrogen-bond acceptors (Lipinski definition) is 3. The van der Waals surface area contributed by atoms with Crippen LogP contribution in [0.5, 0.6) is 0 Å². The molecule has 1 heterocycles. The fraction of sp³-hybridized carbons (Fsp3) is 0.143. The van der Waals surface area contributed by atoms with Crippen LogP contribution in [-0.4, -0.2) is 11.0 Å². The van der Waals surface area contributed by atoms with Crippen LogP contribution < -0.4 is 9.27 Å². The van der Waals surface area contributed by atoms with Crippen molar-refractivity contribution in [2.45, 2.75) is 20.8 Å². The standard InChI is InChI=1S/C19H16N.C2H4O2.H3P.Pd/c1-14-7-3-5-9-16(14)18-11-12-20-13-19(18)17-10-6-4-8-15(17)2;1-2(3)4;;/h3-12H,1-2H3;1H3,(H,3,4);1H3;/q;;;+1/p-1. The smallest absolute Gasteiger partial charge is 0.153 e. The zero-order valence-electron chi connectivity index (χ0n) is 15.1. The van der Waals surface area contributed by atoms with Gasteiger partial charge in [0.05, 0.1) is 0 Å². The number of carbonyl (C=O) groups is 1. The van der Waals surface area contributed by atoms with Crippen molar-refractivity contribution in [2.24, 2.45) is 0 Å². The van der Waals surface area contributed by atoms with Gasteiger partial charge in [-0.05, 0) is 6.92 Å². The Balaban J connectivity index is 0.000000616. The van der Waals surface area contributed by atoms with Crippen LogP contribution in [0.15, 0.2) is 60.8 Å². The third kappa shape index (κ3) is 5.58. The number of pyridine rings is 1. The van der Waals surface area contributed by atoms with Crippen LogP contribution in [-0.2, 0) is 24.0 Å². The maximum absolute atomic E-state index is 8.89. The molecule has 1 atom stereocenters. The van der Waals surface area contributed by atoms with E-state index >= 15 is 0 Å². The molecule has 5 heteroatoms. The van der Waals surface area contributed by atoms with Gasteiger partial charge in [0.1, 0.15) is 0 Å². The molecule has 0 saturated carbocycles. The Morgan fingerprint density at radius 2 is 1.35 bits per heavy atom. The minimum atomic E-state index is -1.08. The number of benzene rings is 2. The Morgan fingerprint density at radius 1 is 0.885 bits per heavy atom. The van der Waals surface area contributed by atoms with E-state index in [1.54, 1.807) is 0 Å². The maximum Gasteiger partial charge on any atom is -0.153 e. The molecule has 0 saturated heterocycles. The summed E-state index contributed by atoms with van der Waals surface area (Å²) in [6.07, 6.45) is 1.86. The summed E-state index contributed by atoms with van der Waals surface area (Å²) >= 11 is 3.32. The van der Waals surface area contributed by atoms with Gasteiger partial charge in [-0.3, -0.25) is 0 Å². The van der Waals surface area contributed by atoms with Crippen LogP contribution in [0.1, 0.15) is 18.1 Å². The maximum atomic E-state index is 8.89. The molecule has 1 aromatic heterocycles. The molecule has 1 unspecified atom stereocenters. The van der Waals surface area contributed by atoms with Crippen LogP contribution in [0.25, 0.3) is 22.3 Å². The van der Waals surface area contributed by atoms with Crippen LogP contribution in [0, 0.1) is 13.8 Å². The van der Waals surface area contributed by atoms with Crippen LogP contribution in [0.3, 0.4) is 0 Å². The summed E-state index contributed by atoms with van der Waals surface area (Å²) in [6, 6.07) is 19.0. The molecule has 0 aliphatic rings. The van der Waals surface area contributed by atoms with Crippen LogP contribution in [0.4, 0.5) is 0 Å². The Morgan fingerprint density at radius 3 is 1.85 bits per heavy atom. The molecule has 0 bridgehead atoms. The second-order valence-corrected chi connectivity index (χ2v) is 6.35. The number of carboxylic acid groups (broad SMARTS) is 1. The minimum absolute atomic E-state index is 0. The molecular weight excluding hydrogens is 436 g/mol. The van der Waals surface area contributed by atoms with Gasteiger partial charge in [-0.2, -0.15) is 9.90 Å². The quantitative estimate of drug-likeness (QED) is 0.439. The summed E-state index contributed by atoms with van der Waals surface area (Å²) in [5.74, 6) is -1.08. The molecule has 3 rings (SSSR count). The van der Waals surface area contributed by atoms with Gasteiger partial charge in [0.2, 0.25) is 0 Å². The summed E-state index contributed by atoms with van der Waals surface area (Å²) in [5.41, 5.74) is 7.41. The number of nitrogens with zero attached hydrogens (tertiary/aromatic N) is 1. The molecular formula is C21H22NO2PPd. The number of carbonyl (C=O) groups excluding carboxylic acids is 1. The fourth-order valence-corrected chi connectivity index (χ4v) is 3.16. The zero-order chi connectivity index (χ0) is 18.4. The topological polar surface area (TPSA) is 53.0 Å². The van der Waals surface area contributed by atoms with Crippen molar-refractivity contribution < 1.29 is 29.1 Å². The molecule has 0 N–H and O–H groups in total. The van der Waals surface area contributed by atoms with Gasteiger partial charge in [-0.1, -0.05) is 0 Å². The molecule has 138 valence electrons. The van der Waals surface area contributed by atoms with Crippen molar-refractivity contribution in [1.29, 1.82) is 0 Å². The molecule has 3 nitrogen and oxygen atoms in total. The summed E-state index contributed by atoms with van der Waals surface area (Å²) in [4.78, 5) is 13.3. The number of aromatic nitrogens is 1. The number of aryl methyl sites for hydroxylation is 2. The molecule has 3 aromatic rings. The Kier molecular flexibility index (Phi) is 8.82. The monoisotopic (exact) mass is 457 g/mol. The van der Waals surface area contributed by atoms with Crippen molar-refractivity contribution >= 4 is 20.0 Å². The molecule has 0 aliphatic carbocycles. The normalized spacial score (nSPS) is 9.58. The average Bonchev–Trinajstić information content (AvgIpc) is 2.56.